The maximum atomic E-state index is 9.94. The van der Waals surface area contributed by atoms with Crippen molar-refractivity contribution in [1.29, 1.82) is 21.0 Å². The number of likely N-dealkylation sites (N-methyl/N-ethyl adjacent to an activating group) is 2. The van der Waals surface area contributed by atoms with Crippen LogP contribution < -0.4 is 19.3 Å². The molecule has 0 aliphatic heterocycles. The second-order valence-electron chi connectivity index (χ2n) is 17.1. The number of nitriles is 4. The summed E-state index contributed by atoms with van der Waals surface area (Å²) in [4.78, 5) is 4.25. The zero-order chi connectivity index (χ0) is 43.3. The molecule has 0 amide bonds. The highest BCUT2D eigenvalue weighted by Crippen LogP contribution is 2.41. The number of hydrogen-bond donors (Lipinski definition) is 1. The van der Waals surface area contributed by atoms with E-state index < -0.39 is 0 Å². The number of allylic oxidation sites excluding steroid dienone is 10. The van der Waals surface area contributed by atoms with Crippen LogP contribution in [0.3, 0.4) is 0 Å². The van der Waals surface area contributed by atoms with E-state index in [0.29, 0.717) is 56.2 Å². The molecule has 306 valence electrons. The van der Waals surface area contributed by atoms with Crippen molar-refractivity contribution < 1.29 is 14.6 Å². The maximum Gasteiger partial charge on any atom is 0.132 e. The smallest absolute Gasteiger partial charge is 0.132 e. The van der Waals surface area contributed by atoms with Gasteiger partial charge in [0.1, 0.15) is 60.1 Å². The third-order valence-electron chi connectivity index (χ3n) is 10.7. The number of nitrogens with zero attached hydrogens (tertiary/aromatic N) is 6. The Labute approximate surface area is 356 Å². The Balaban J connectivity index is 1.10. The minimum atomic E-state index is -0.129. The summed E-state index contributed by atoms with van der Waals surface area (Å²) in [6, 6.07) is 30.2. The Hall–Kier alpha value is -6.78. The molecule has 0 aromatic heterocycles. The summed E-state index contributed by atoms with van der Waals surface area (Å²) in [6.07, 6.45) is 15.4. The molecule has 0 saturated carbocycles. The van der Waals surface area contributed by atoms with Crippen molar-refractivity contribution in [2.45, 2.75) is 60.0 Å². The average molecular weight is 799 g/mol. The molecule has 9 heteroatoms. The van der Waals surface area contributed by atoms with Gasteiger partial charge in [0, 0.05) is 31.5 Å². The van der Waals surface area contributed by atoms with Crippen LogP contribution in [0.4, 0.5) is 11.4 Å². The van der Waals surface area contributed by atoms with Gasteiger partial charge in [0.25, 0.3) is 0 Å². The molecule has 0 radical (unpaired) electrons. The van der Waals surface area contributed by atoms with Crippen LogP contribution in [0.1, 0.15) is 70.1 Å². The standard InChI is InChI=1S/C51H54N6O3/c1-50(2)28-39(23-42(30-50)44(32-52)33-53)9-7-37-11-15-46(16-12-37)56(5)19-21-59-48-25-41(36-58)26-49(27-48)60-22-20-57(6)47-17-13-38(14-18-47)8-10-40-24-43(45(34-54)35-55)31-51(3,4)29-40/h7-18,23-27,58H,19-22,28-31,36H2,1-6H3/b9-7+,10-8+. The lowest BCUT2D eigenvalue weighted by molar-refractivity contribution is 0.276. The van der Waals surface area contributed by atoms with Gasteiger partial charge in [0.05, 0.1) is 19.7 Å². The molecule has 0 saturated heterocycles. The predicted octanol–water partition coefficient (Wildman–Crippen LogP) is 10.4. The molecule has 1 N–H and O–H groups in total. The van der Waals surface area contributed by atoms with Crippen LogP contribution in [-0.4, -0.2) is 45.5 Å². The van der Waals surface area contributed by atoms with E-state index in [9.17, 15) is 26.2 Å². The quantitative estimate of drug-likeness (QED) is 0.149. The van der Waals surface area contributed by atoms with Gasteiger partial charge in [0.2, 0.25) is 0 Å². The van der Waals surface area contributed by atoms with Crippen LogP contribution in [0.15, 0.2) is 124 Å². The van der Waals surface area contributed by atoms with Gasteiger partial charge in [-0.2, -0.15) is 21.0 Å². The Morgan fingerprint density at radius 1 is 0.600 bits per heavy atom. The molecular formula is C51H54N6O3. The molecule has 3 aromatic rings. The summed E-state index contributed by atoms with van der Waals surface area (Å²) in [5.74, 6) is 1.26. The first kappa shape index (κ1) is 44.3. The van der Waals surface area contributed by atoms with Crippen LogP contribution in [-0.2, 0) is 6.61 Å². The van der Waals surface area contributed by atoms with Crippen molar-refractivity contribution >= 4 is 23.5 Å². The number of rotatable bonds is 15. The highest BCUT2D eigenvalue weighted by molar-refractivity contribution is 5.61. The lowest BCUT2D eigenvalue weighted by Gasteiger charge is -2.30. The highest BCUT2D eigenvalue weighted by Gasteiger charge is 2.27. The molecule has 0 heterocycles. The fraction of sp³-hybridized carbons (Fsp3) is 0.333. The third kappa shape index (κ3) is 12.6. The van der Waals surface area contributed by atoms with E-state index in [-0.39, 0.29) is 28.6 Å². The normalized spacial score (nSPS) is 15.5. The van der Waals surface area contributed by atoms with E-state index in [1.807, 2.05) is 68.7 Å². The largest absolute Gasteiger partial charge is 0.492 e. The number of aliphatic hydroxyl groups excluding tert-OH is 1. The molecule has 0 fully saturated rings. The summed E-state index contributed by atoms with van der Waals surface area (Å²) >= 11 is 0. The number of hydrogen-bond acceptors (Lipinski definition) is 9. The molecule has 9 nitrogen and oxygen atoms in total. The van der Waals surface area contributed by atoms with Gasteiger partial charge in [-0.15, -0.1) is 0 Å². The van der Waals surface area contributed by atoms with Crippen molar-refractivity contribution in [2.24, 2.45) is 10.8 Å². The first-order chi connectivity index (χ1) is 28.7. The number of benzene rings is 3. The molecule has 0 spiro atoms. The summed E-state index contributed by atoms with van der Waals surface area (Å²) in [7, 11) is 4.04. The van der Waals surface area contributed by atoms with E-state index in [2.05, 4.69) is 110 Å². The number of aliphatic hydroxyl groups is 1. The van der Waals surface area contributed by atoms with Crippen LogP contribution >= 0.6 is 0 Å². The number of ether oxygens (including phenoxy) is 2. The molecule has 2 aliphatic carbocycles. The monoisotopic (exact) mass is 798 g/mol. The molecule has 60 heavy (non-hydrogen) atoms. The van der Waals surface area contributed by atoms with E-state index in [4.69, 9.17) is 9.47 Å². The molecule has 0 unspecified atom stereocenters. The van der Waals surface area contributed by atoms with Crippen LogP contribution in [0.25, 0.3) is 12.2 Å². The fourth-order valence-electron chi connectivity index (χ4n) is 7.62. The minimum absolute atomic E-state index is 0.0274. The van der Waals surface area contributed by atoms with E-state index in [0.717, 1.165) is 57.6 Å². The first-order valence-electron chi connectivity index (χ1n) is 20.2. The lowest BCUT2D eigenvalue weighted by Crippen LogP contribution is -2.24. The van der Waals surface area contributed by atoms with Crippen LogP contribution in [0, 0.1) is 56.2 Å². The third-order valence-corrected chi connectivity index (χ3v) is 10.7. The van der Waals surface area contributed by atoms with Gasteiger partial charge in [-0.3, -0.25) is 0 Å². The van der Waals surface area contributed by atoms with E-state index >= 15 is 0 Å². The van der Waals surface area contributed by atoms with E-state index in [1.165, 1.54) is 0 Å². The molecule has 5 rings (SSSR count). The van der Waals surface area contributed by atoms with Gasteiger partial charge in [-0.1, -0.05) is 88.4 Å². The zero-order valence-electron chi connectivity index (χ0n) is 35.6. The number of anilines is 2. The summed E-state index contributed by atoms with van der Waals surface area (Å²) < 4.78 is 12.3. The van der Waals surface area contributed by atoms with Gasteiger partial charge in [-0.25, -0.2) is 0 Å². The maximum absolute atomic E-state index is 9.94. The van der Waals surface area contributed by atoms with Crippen molar-refractivity contribution in [3.8, 4) is 35.8 Å². The second kappa shape index (κ2) is 20.3. The van der Waals surface area contributed by atoms with E-state index in [1.54, 1.807) is 0 Å². The van der Waals surface area contributed by atoms with Crippen LogP contribution in [0.5, 0.6) is 11.5 Å². The summed E-state index contributed by atoms with van der Waals surface area (Å²) in [6.45, 7) is 10.7. The SMILES string of the molecule is CN(CCOc1cc(CO)cc(OCCN(C)c2ccc(/C=C/C3=CC(=C(C#N)C#N)CC(C)(C)C3)cc2)c1)c1ccc(/C=C/C2=CC(=C(C#N)C#N)CC(C)(C)C2)cc1. The molecule has 2 aliphatic rings. The summed E-state index contributed by atoms with van der Waals surface area (Å²) in [5.41, 5.74) is 9.05. The molecule has 0 bridgehead atoms. The predicted molar refractivity (Wildman–Crippen MR) is 240 cm³/mol. The van der Waals surface area contributed by atoms with Gasteiger partial charge in [0.15, 0.2) is 0 Å². The first-order valence-corrected chi connectivity index (χ1v) is 20.2. The summed E-state index contributed by atoms with van der Waals surface area (Å²) in [5, 5.41) is 47.5. The van der Waals surface area contributed by atoms with Crippen molar-refractivity contribution in [3.63, 3.8) is 0 Å². The highest BCUT2D eigenvalue weighted by atomic mass is 16.5. The van der Waals surface area contributed by atoms with Crippen molar-refractivity contribution in [2.75, 3.05) is 50.2 Å². The second-order valence-corrected chi connectivity index (χ2v) is 17.1. The average Bonchev–Trinajstić information content (AvgIpc) is 3.22. The van der Waals surface area contributed by atoms with Crippen molar-refractivity contribution in [1.82, 2.24) is 0 Å². The molecule has 0 atom stereocenters. The fourth-order valence-corrected chi connectivity index (χ4v) is 7.62. The Morgan fingerprint density at radius 2 is 0.983 bits per heavy atom. The molecular weight excluding hydrogens is 745 g/mol. The van der Waals surface area contributed by atoms with Gasteiger partial charge >= 0.3 is 0 Å². The molecule has 3 aromatic carbocycles. The van der Waals surface area contributed by atoms with Crippen molar-refractivity contribution in [3.05, 3.63) is 141 Å². The van der Waals surface area contributed by atoms with Gasteiger partial charge in [-0.05, 0) is 112 Å². The van der Waals surface area contributed by atoms with Crippen LogP contribution in [0.2, 0.25) is 0 Å². The zero-order valence-corrected chi connectivity index (χ0v) is 35.6. The Kier molecular flexibility index (Phi) is 15.0. The lowest BCUT2D eigenvalue weighted by atomic mass is 9.74. The Morgan fingerprint density at radius 3 is 1.33 bits per heavy atom. The topological polar surface area (TPSA) is 140 Å². The Bertz CT molecular complexity index is 2190. The van der Waals surface area contributed by atoms with Gasteiger partial charge < -0.3 is 24.4 Å². The minimum Gasteiger partial charge on any atom is -0.492 e.